The van der Waals surface area contributed by atoms with Crippen LogP contribution in [0, 0.1) is 10.1 Å². The smallest absolute Gasteiger partial charge is 0.269 e. The Morgan fingerprint density at radius 2 is 1.56 bits per heavy atom. The van der Waals surface area contributed by atoms with Crippen molar-refractivity contribution in [3.05, 3.63) is 86.6 Å². The van der Waals surface area contributed by atoms with Crippen LogP contribution in [0.5, 0.6) is 17.2 Å². The maximum Gasteiger partial charge on any atom is 0.269 e. The molecule has 0 saturated carbocycles. The number of carbonyl (C=O) groups excluding carboxylic acids is 1. The number of para-hydroxylation sites is 1. The van der Waals surface area contributed by atoms with Gasteiger partial charge in [0.2, 0.25) is 5.75 Å². The molecule has 0 saturated heterocycles. The summed E-state index contributed by atoms with van der Waals surface area (Å²) in [5.74, 6) is 0.738. The quantitative estimate of drug-likeness (QED) is 0.302. The Balaban J connectivity index is 1.95. The van der Waals surface area contributed by atoms with Gasteiger partial charge in [-0.25, -0.2) is 0 Å². The van der Waals surface area contributed by atoms with Gasteiger partial charge in [0.25, 0.3) is 11.6 Å². The number of nitro groups is 1. The van der Waals surface area contributed by atoms with Gasteiger partial charge in [0, 0.05) is 30.1 Å². The number of pyridine rings is 1. The first-order valence-corrected chi connectivity index (χ1v) is 10.8. The number of aromatic nitrogens is 1. The van der Waals surface area contributed by atoms with E-state index < -0.39 is 10.8 Å². The molecule has 4 aromatic rings. The van der Waals surface area contributed by atoms with Crippen LogP contribution in [0.1, 0.15) is 10.4 Å². The lowest BCUT2D eigenvalue weighted by Crippen LogP contribution is -2.21. The van der Waals surface area contributed by atoms with E-state index in [2.05, 4.69) is 5.32 Å². The zero-order valence-corrected chi connectivity index (χ0v) is 20.0. The minimum Gasteiger partial charge on any atom is -0.493 e. The number of fused-ring (bicyclic) bond motifs is 1. The Morgan fingerprint density at radius 1 is 0.944 bits per heavy atom. The maximum atomic E-state index is 13.7. The molecule has 0 bridgehead atoms. The Morgan fingerprint density at radius 3 is 2.11 bits per heavy atom. The van der Waals surface area contributed by atoms with Crippen LogP contribution in [-0.2, 0) is 7.05 Å². The topological polar surface area (TPSA) is 122 Å². The average Bonchev–Trinajstić information content (AvgIpc) is 2.90. The van der Waals surface area contributed by atoms with E-state index in [0.717, 1.165) is 0 Å². The summed E-state index contributed by atoms with van der Waals surface area (Å²) in [5, 5.41) is 14.2. The van der Waals surface area contributed by atoms with Crippen LogP contribution in [0.25, 0.3) is 22.0 Å². The van der Waals surface area contributed by atoms with Crippen LogP contribution in [0.3, 0.4) is 0 Å². The summed E-state index contributed by atoms with van der Waals surface area (Å²) in [4.78, 5) is 37.3. The molecule has 10 nitrogen and oxygen atoms in total. The van der Waals surface area contributed by atoms with Crippen LogP contribution in [0.2, 0.25) is 0 Å². The Kier molecular flexibility index (Phi) is 6.60. The van der Waals surface area contributed by atoms with Gasteiger partial charge in [0.05, 0.1) is 37.3 Å². The highest BCUT2D eigenvalue weighted by Gasteiger charge is 2.23. The largest absolute Gasteiger partial charge is 0.493 e. The summed E-state index contributed by atoms with van der Waals surface area (Å²) >= 11 is 0. The van der Waals surface area contributed by atoms with Crippen molar-refractivity contribution >= 4 is 28.3 Å². The number of methoxy groups -OCH3 is 3. The standard InChI is InChI=1S/C26H23N3O7/c1-28-19-8-6-5-7-18(19)23(30)22(16-13-20(34-2)24(36-4)21(14-16)35-3)25(28)27-26(31)15-9-11-17(12-10-15)29(32)33/h5-14H,1-4H3,(H,27,31). The van der Waals surface area contributed by atoms with Crippen molar-refractivity contribution < 1.29 is 23.9 Å². The molecule has 184 valence electrons. The number of hydrogen-bond acceptors (Lipinski definition) is 7. The van der Waals surface area contributed by atoms with Crippen LogP contribution in [0.15, 0.2) is 65.5 Å². The van der Waals surface area contributed by atoms with Gasteiger partial charge in [-0.2, -0.15) is 0 Å². The zero-order chi connectivity index (χ0) is 26.0. The highest BCUT2D eigenvalue weighted by atomic mass is 16.6. The lowest BCUT2D eigenvalue weighted by molar-refractivity contribution is -0.384. The number of rotatable bonds is 7. The van der Waals surface area contributed by atoms with Gasteiger partial charge in [-0.05, 0) is 42.0 Å². The molecule has 0 atom stereocenters. The number of anilines is 1. The van der Waals surface area contributed by atoms with E-state index in [1.54, 1.807) is 48.0 Å². The lowest BCUT2D eigenvalue weighted by atomic mass is 10.0. The van der Waals surface area contributed by atoms with E-state index in [0.29, 0.717) is 33.7 Å². The highest BCUT2D eigenvalue weighted by Crippen LogP contribution is 2.42. The predicted molar refractivity (Wildman–Crippen MR) is 135 cm³/mol. The first-order valence-electron chi connectivity index (χ1n) is 10.8. The third-order valence-electron chi connectivity index (χ3n) is 5.83. The molecule has 10 heteroatoms. The molecule has 4 rings (SSSR count). The molecule has 3 aromatic carbocycles. The molecule has 1 amide bonds. The third-order valence-corrected chi connectivity index (χ3v) is 5.83. The second-order valence-corrected chi connectivity index (χ2v) is 7.80. The van der Waals surface area contributed by atoms with E-state index in [9.17, 15) is 19.7 Å². The van der Waals surface area contributed by atoms with Crippen LogP contribution >= 0.6 is 0 Å². The fourth-order valence-electron chi connectivity index (χ4n) is 4.04. The average molecular weight is 489 g/mol. The monoisotopic (exact) mass is 489 g/mol. The van der Waals surface area contributed by atoms with Gasteiger partial charge in [0.15, 0.2) is 16.9 Å². The molecular weight excluding hydrogens is 466 g/mol. The van der Waals surface area contributed by atoms with Crippen molar-refractivity contribution in [3.63, 3.8) is 0 Å². The fraction of sp³-hybridized carbons (Fsp3) is 0.154. The number of benzene rings is 3. The number of hydrogen-bond donors (Lipinski definition) is 1. The SMILES string of the molecule is COc1cc(-c2c(NC(=O)c3ccc([N+](=O)[O-])cc3)n(C)c3ccccc3c2=O)cc(OC)c1OC. The fourth-order valence-corrected chi connectivity index (χ4v) is 4.04. The van der Waals surface area contributed by atoms with Crippen molar-refractivity contribution in [2.24, 2.45) is 7.05 Å². The zero-order valence-electron chi connectivity index (χ0n) is 20.0. The molecule has 0 radical (unpaired) electrons. The lowest BCUT2D eigenvalue weighted by Gasteiger charge is -2.20. The molecule has 1 N–H and O–H groups in total. The molecule has 1 aromatic heterocycles. The number of ether oxygens (including phenoxy) is 3. The van der Waals surface area contributed by atoms with Crippen LogP contribution in [0.4, 0.5) is 11.5 Å². The maximum absolute atomic E-state index is 13.7. The normalized spacial score (nSPS) is 10.7. The van der Waals surface area contributed by atoms with Crippen molar-refractivity contribution in [3.8, 4) is 28.4 Å². The molecule has 0 aliphatic heterocycles. The van der Waals surface area contributed by atoms with Gasteiger partial charge < -0.3 is 24.1 Å². The number of nitrogens with zero attached hydrogens (tertiary/aromatic N) is 2. The Hall–Kier alpha value is -4.86. The van der Waals surface area contributed by atoms with Crippen molar-refractivity contribution in [1.29, 1.82) is 0 Å². The second kappa shape index (κ2) is 9.79. The van der Waals surface area contributed by atoms with Crippen LogP contribution < -0.4 is 25.0 Å². The van der Waals surface area contributed by atoms with Gasteiger partial charge in [0.1, 0.15) is 5.82 Å². The molecular formula is C26H23N3O7. The molecule has 0 spiro atoms. The van der Waals surface area contributed by atoms with Crippen molar-refractivity contribution in [2.45, 2.75) is 0 Å². The van der Waals surface area contributed by atoms with Crippen molar-refractivity contribution in [2.75, 3.05) is 26.6 Å². The number of amides is 1. The Labute approximate surface area is 205 Å². The van der Waals surface area contributed by atoms with Crippen molar-refractivity contribution in [1.82, 2.24) is 4.57 Å². The van der Waals surface area contributed by atoms with E-state index in [4.69, 9.17) is 14.2 Å². The number of non-ortho nitro benzene ring substituents is 1. The summed E-state index contributed by atoms with van der Waals surface area (Å²) < 4.78 is 18.0. The van der Waals surface area contributed by atoms with Gasteiger partial charge in [-0.15, -0.1) is 0 Å². The van der Waals surface area contributed by atoms with E-state index in [-0.39, 0.29) is 28.1 Å². The number of nitrogens with one attached hydrogen (secondary N) is 1. The molecule has 0 unspecified atom stereocenters. The summed E-state index contributed by atoms with van der Waals surface area (Å²) in [6, 6.07) is 15.5. The van der Waals surface area contributed by atoms with E-state index in [1.807, 2.05) is 0 Å². The number of aryl methyl sites for hydroxylation is 1. The molecule has 0 fully saturated rings. The number of nitro benzene ring substituents is 1. The van der Waals surface area contributed by atoms with Gasteiger partial charge >= 0.3 is 0 Å². The third kappa shape index (κ3) is 4.20. The second-order valence-electron chi connectivity index (χ2n) is 7.80. The Bertz CT molecular complexity index is 1520. The molecule has 0 aliphatic carbocycles. The summed E-state index contributed by atoms with van der Waals surface area (Å²) in [6.07, 6.45) is 0. The molecule has 0 aliphatic rings. The summed E-state index contributed by atoms with van der Waals surface area (Å²) in [7, 11) is 6.15. The van der Waals surface area contributed by atoms with Gasteiger partial charge in [-0.3, -0.25) is 19.7 Å². The predicted octanol–water partition coefficient (Wildman–Crippen LogP) is 4.39. The van der Waals surface area contributed by atoms with Gasteiger partial charge in [-0.1, -0.05) is 12.1 Å². The summed E-state index contributed by atoms with van der Waals surface area (Å²) in [5.41, 5.74) is 1.01. The molecule has 1 heterocycles. The number of carbonyl (C=O) groups is 1. The molecule has 36 heavy (non-hydrogen) atoms. The summed E-state index contributed by atoms with van der Waals surface area (Å²) in [6.45, 7) is 0. The first-order chi connectivity index (χ1) is 17.3. The van der Waals surface area contributed by atoms with Crippen LogP contribution in [-0.4, -0.2) is 36.7 Å². The first kappa shape index (κ1) is 24.3. The minimum absolute atomic E-state index is 0.136. The van der Waals surface area contributed by atoms with E-state index >= 15 is 0 Å². The minimum atomic E-state index is -0.544. The highest BCUT2D eigenvalue weighted by molar-refractivity contribution is 6.07. The van der Waals surface area contributed by atoms with E-state index in [1.165, 1.54) is 45.6 Å².